The predicted octanol–water partition coefficient (Wildman–Crippen LogP) is 2.01. The van der Waals surface area contributed by atoms with Gasteiger partial charge in [-0.3, -0.25) is 15.1 Å². The number of pyridine rings is 1. The minimum atomic E-state index is -0.327. The van der Waals surface area contributed by atoms with E-state index < -0.39 is 0 Å². The molecule has 0 radical (unpaired) electrons. The molecule has 0 aromatic carbocycles. The van der Waals surface area contributed by atoms with Crippen molar-refractivity contribution in [1.82, 2.24) is 15.2 Å². The molecule has 0 aliphatic heterocycles. The van der Waals surface area contributed by atoms with E-state index in [0.717, 1.165) is 0 Å². The molecule has 0 atom stereocenters. The zero-order chi connectivity index (χ0) is 13.2. The van der Waals surface area contributed by atoms with Crippen LogP contribution in [0.5, 0.6) is 0 Å². The molecule has 0 aliphatic carbocycles. The molecule has 6 nitrogen and oxygen atoms in total. The zero-order valence-corrected chi connectivity index (χ0v) is 10.5. The van der Waals surface area contributed by atoms with Crippen molar-refractivity contribution < 1.29 is 9.21 Å². The van der Waals surface area contributed by atoms with Gasteiger partial charge >= 0.3 is 6.01 Å². The summed E-state index contributed by atoms with van der Waals surface area (Å²) >= 11 is 0. The van der Waals surface area contributed by atoms with Crippen LogP contribution in [0.25, 0.3) is 0 Å². The summed E-state index contributed by atoms with van der Waals surface area (Å²) in [6, 6.07) is 3.43. The third kappa shape index (κ3) is 2.71. The number of anilines is 1. The highest BCUT2D eigenvalue weighted by Gasteiger charge is 2.22. The molecule has 1 amide bonds. The van der Waals surface area contributed by atoms with Gasteiger partial charge in [0.2, 0.25) is 5.89 Å². The fraction of sp³-hybridized carbons (Fsp3) is 0.333. The lowest BCUT2D eigenvalue weighted by atomic mass is 9.97. The monoisotopic (exact) mass is 246 g/mol. The summed E-state index contributed by atoms with van der Waals surface area (Å²) in [7, 11) is 0. The summed E-state index contributed by atoms with van der Waals surface area (Å²) < 4.78 is 5.37. The van der Waals surface area contributed by atoms with Crippen molar-refractivity contribution in [3.8, 4) is 0 Å². The molecular formula is C12H14N4O2. The lowest BCUT2D eigenvalue weighted by molar-refractivity contribution is 0.102. The first-order valence-corrected chi connectivity index (χ1v) is 5.52. The van der Waals surface area contributed by atoms with Gasteiger partial charge in [0.25, 0.3) is 5.91 Å². The third-order valence-corrected chi connectivity index (χ3v) is 2.21. The molecule has 2 aromatic rings. The van der Waals surface area contributed by atoms with Crippen molar-refractivity contribution in [1.29, 1.82) is 0 Å². The Morgan fingerprint density at radius 2 is 2.11 bits per heavy atom. The Morgan fingerprint density at radius 1 is 1.33 bits per heavy atom. The van der Waals surface area contributed by atoms with Gasteiger partial charge in [-0.15, -0.1) is 5.10 Å². The van der Waals surface area contributed by atoms with Crippen molar-refractivity contribution >= 4 is 11.9 Å². The smallest absolute Gasteiger partial charge is 0.322 e. The average Bonchev–Trinajstić information content (AvgIpc) is 2.78. The van der Waals surface area contributed by atoms with E-state index in [9.17, 15) is 4.79 Å². The number of carbonyl (C=O) groups excluding carboxylic acids is 1. The molecule has 6 heteroatoms. The number of nitrogens with one attached hydrogen (secondary N) is 1. The van der Waals surface area contributed by atoms with E-state index in [-0.39, 0.29) is 17.3 Å². The number of nitrogens with zero attached hydrogens (tertiary/aromatic N) is 3. The van der Waals surface area contributed by atoms with E-state index in [1.807, 2.05) is 20.8 Å². The summed E-state index contributed by atoms with van der Waals surface area (Å²) in [6.07, 6.45) is 3.07. The quantitative estimate of drug-likeness (QED) is 0.876. The second kappa shape index (κ2) is 4.56. The molecule has 2 rings (SSSR count). The zero-order valence-electron chi connectivity index (χ0n) is 10.5. The first-order chi connectivity index (χ1) is 8.47. The minimum absolute atomic E-state index is 0.0915. The van der Waals surface area contributed by atoms with Crippen molar-refractivity contribution in [2.24, 2.45) is 0 Å². The molecule has 94 valence electrons. The Hall–Kier alpha value is -2.24. The van der Waals surface area contributed by atoms with E-state index in [0.29, 0.717) is 11.5 Å². The fourth-order valence-electron chi connectivity index (χ4n) is 1.24. The van der Waals surface area contributed by atoms with Gasteiger partial charge < -0.3 is 4.42 Å². The molecule has 2 heterocycles. The van der Waals surface area contributed by atoms with Crippen molar-refractivity contribution in [3.05, 3.63) is 36.0 Å². The van der Waals surface area contributed by atoms with Crippen LogP contribution in [0.1, 0.15) is 37.0 Å². The van der Waals surface area contributed by atoms with Gasteiger partial charge in [0.1, 0.15) is 0 Å². The average molecular weight is 246 g/mol. The maximum Gasteiger partial charge on any atom is 0.322 e. The highest BCUT2D eigenvalue weighted by Crippen LogP contribution is 2.22. The van der Waals surface area contributed by atoms with Crippen LogP contribution in [0.4, 0.5) is 6.01 Å². The van der Waals surface area contributed by atoms with Crippen molar-refractivity contribution in [3.63, 3.8) is 0 Å². The van der Waals surface area contributed by atoms with Crippen LogP contribution in [0.15, 0.2) is 28.9 Å². The SMILES string of the molecule is CC(C)(C)c1nnc(NC(=O)c2cccnc2)o1. The van der Waals surface area contributed by atoms with Crippen LogP contribution >= 0.6 is 0 Å². The van der Waals surface area contributed by atoms with E-state index >= 15 is 0 Å². The van der Waals surface area contributed by atoms with Gasteiger partial charge in [-0.05, 0) is 12.1 Å². The topological polar surface area (TPSA) is 80.9 Å². The first-order valence-electron chi connectivity index (χ1n) is 5.52. The molecule has 0 saturated heterocycles. The molecule has 18 heavy (non-hydrogen) atoms. The number of aromatic nitrogens is 3. The third-order valence-electron chi connectivity index (χ3n) is 2.21. The molecule has 0 fully saturated rings. The van der Waals surface area contributed by atoms with Crippen LogP contribution < -0.4 is 5.32 Å². The summed E-state index contributed by atoms with van der Waals surface area (Å²) in [5.41, 5.74) is 0.192. The highest BCUT2D eigenvalue weighted by molar-refractivity contribution is 6.02. The Balaban J connectivity index is 2.11. The van der Waals surface area contributed by atoms with Gasteiger partial charge in [0.15, 0.2) is 0 Å². The van der Waals surface area contributed by atoms with E-state index in [2.05, 4.69) is 20.5 Å². The molecular weight excluding hydrogens is 232 g/mol. The summed E-state index contributed by atoms with van der Waals surface area (Å²) in [4.78, 5) is 15.7. The van der Waals surface area contributed by atoms with E-state index in [4.69, 9.17) is 4.42 Å². The summed E-state index contributed by atoms with van der Waals surface area (Å²) in [5.74, 6) is 0.149. The molecule has 0 unspecified atom stereocenters. The Bertz CT molecular complexity index is 543. The van der Waals surface area contributed by atoms with E-state index in [1.54, 1.807) is 18.3 Å². The minimum Gasteiger partial charge on any atom is -0.407 e. The molecule has 0 saturated carbocycles. The Labute approximate surface area is 104 Å². The van der Waals surface area contributed by atoms with Crippen LogP contribution in [0.3, 0.4) is 0 Å². The number of hydrogen-bond acceptors (Lipinski definition) is 5. The standard InChI is InChI=1S/C12H14N4O2/c1-12(2,3)10-15-16-11(18-10)14-9(17)8-5-4-6-13-7-8/h4-7H,1-3H3,(H,14,16,17). The predicted molar refractivity (Wildman–Crippen MR) is 65.2 cm³/mol. The Kier molecular flexibility index (Phi) is 3.10. The van der Waals surface area contributed by atoms with Gasteiger partial charge in [0, 0.05) is 17.8 Å². The maximum absolute atomic E-state index is 11.8. The fourth-order valence-corrected chi connectivity index (χ4v) is 1.24. The second-order valence-corrected chi connectivity index (χ2v) is 4.86. The maximum atomic E-state index is 11.8. The summed E-state index contributed by atoms with van der Waals surface area (Å²) in [5, 5.41) is 10.2. The molecule has 0 aliphatic rings. The van der Waals surface area contributed by atoms with Gasteiger partial charge in [-0.25, -0.2) is 0 Å². The molecule has 1 N–H and O–H groups in total. The van der Waals surface area contributed by atoms with Gasteiger partial charge in [-0.2, -0.15) is 0 Å². The van der Waals surface area contributed by atoms with Gasteiger partial charge in [0.05, 0.1) is 5.56 Å². The lowest BCUT2D eigenvalue weighted by Gasteiger charge is -2.10. The van der Waals surface area contributed by atoms with Gasteiger partial charge in [-0.1, -0.05) is 25.9 Å². The number of rotatable bonds is 2. The molecule has 0 spiro atoms. The summed E-state index contributed by atoms with van der Waals surface area (Å²) in [6.45, 7) is 5.85. The van der Waals surface area contributed by atoms with E-state index in [1.165, 1.54) is 6.20 Å². The second-order valence-electron chi connectivity index (χ2n) is 4.86. The number of amides is 1. The largest absolute Gasteiger partial charge is 0.407 e. The number of hydrogen-bond donors (Lipinski definition) is 1. The highest BCUT2D eigenvalue weighted by atomic mass is 16.4. The number of carbonyl (C=O) groups is 1. The van der Waals surface area contributed by atoms with Crippen molar-refractivity contribution in [2.75, 3.05) is 5.32 Å². The normalized spacial score (nSPS) is 11.3. The van der Waals surface area contributed by atoms with Crippen LogP contribution in [-0.4, -0.2) is 21.1 Å². The first kappa shape index (κ1) is 12.2. The molecule has 2 aromatic heterocycles. The Morgan fingerprint density at radius 3 is 2.67 bits per heavy atom. The van der Waals surface area contributed by atoms with Crippen LogP contribution in [0.2, 0.25) is 0 Å². The van der Waals surface area contributed by atoms with Crippen molar-refractivity contribution in [2.45, 2.75) is 26.2 Å². The van der Waals surface area contributed by atoms with Crippen LogP contribution in [0, 0.1) is 0 Å². The van der Waals surface area contributed by atoms with Crippen LogP contribution in [-0.2, 0) is 5.41 Å². The molecule has 0 bridgehead atoms. The lowest BCUT2D eigenvalue weighted by Crippen LogP contribution is -2.12.